The van der Waals surface area contributed by atoms with Crippen molar-refractivity contribution in [3.63, 3.8) is 0 Å². The topological polar surface area (TPSA) is 38.1 Å². The lowest BCUT2D eigenvalue weighted by Gasteiger charge is -2.22. The first-order valence-electron chi connectivity index (χ1n) is 8.26. The Labute approximate surface area is 140 Å². The van der Waals surface area contributed by atoms with E-state index in [1.54, 1.807) is 6.07 Å². The molecule has 0 saturated heterocycles. The maximum absolute atomic E-state index is 14.7. The summed E-state index contributed by atoms with van der Waals surface area (Å²) >= 11 is 0. The number of halogens is 1. The van der Waals surface area contributed by atoms with Crippen molar-refractivity contribution in [1.29, 1.82) is 0 Å². The summed E-state index contributed by atoms with van der Waals surface area (Å²) in [7, 11) is 1.83. The van der Waals surface area contributed by atoms with Crippen molar-refractivity contribution < 1.29 is 8.91 Å². The van der Waals surface area contributed by atoms with E-state index < -0.39 is 0 Å². The zero-order valence-electron chi connectivity index (χ0n) is 13.6. The van der Waals surface area contributed by atoms with Crippen molar-refractivity contribution in [3.8, 4) is 11.1 Å². The first kappa shape index (κ1) is 14.9. The van der Waals surface area contributed by atoms with Gasteiger partial charge in [0.25, 0.3) is 0 Å². The number of fused-ring (bicyclic) bond motifs is 1. The molecule has 4 rings (SSSR count). The smallest absolute Gasteiger partial charge is 0.227 e. The molecule has 1 aliphatic rings. The van der Waals surface area contributed by atoms with Crippen LogP contribution in [0.2, 0.25) is 0 Å². The second-order valence-corrected chi connectivity index (χ2v) is 6.23. The van der Waals surface area contributed by atoms with Crippen molar-refractivity contribution in [2.45, 2.75) is 25.2 Å². The molecule has 1 atom stereocenters. The maximum atomic E-state index is 14.7. The SMILES string of the molecule is CNc1onc2c1CCC(c1ccc(-c3ccccc3)cc1F)C2. The fourth-order valence-corrected chi connectivity index (χ4v) is 3.54. The van der Waals surface area contributed by atoms with Gasteiger partial charge in [0.15, 0.2) is 0 Å². The van der Waals surface area contributed by atoms with Gasteiger partial charge in [0.1, 0.15) is 5.82 Å². The highest BCUT2D eigenvalue weighted by Gasteiger charge is 2.27. The molecule has 3 aromatic rings. The van der Waals surface area contributed by atoms with E-state index in [9.17, 15) is 4.39 Å². The van der Waals surface area contributed by atoms with Crippen LogP contribution in [0.5, 0.6) is 0 Å². The van der Waals surface area contributed by atoms with Gasteiger partial charge in [0.2, 0.25) is 5.88 Å². The van der Waals surface area contributed by atoms with Crippen molar-refractivity contribution in [3.05, 3.63) is 71.2 Å². The highest BCUT2D eigenvalue weighted by Crippen LogP contribution is 2.37. The molecule has 0 spiro atoms. The number of anilines is 1. The molecular formula is C20H19FN2O. The number of benzene rings is 2. The Balaban J connectivity index is 1.61. The highest BCUT2D eigenvalue weighted by molar-refractivity contribution is 5.63. The molecule has 0 aliphatic heterocycles. The Morgan fingerprint density at radius 2 is 1.96 bits per heavy atom. The van der Waals surface area contributed by atoms with E-state index in [0.717, 1.165) is 53.1 Å². The van der Waals surface area contributed by atoms with Crippen LogP contribution in [0.15, 0.2) is 53.1 Å². The minimum absolute atomic E-state index is 0.137. The monoisotopic (exact) mass is 322 g/mol. The Morgan fingerprint density at radius 1 is 1.12 bits per heavy atom. The summed E-state index contributed by atoms with van der Waals surface area (Å²) in [5.41, 5.74) is 4.79. The van der Waals surface area contributed by atoms with Gasteiger partial charge in [-0.15, -0.1) is 0 Å². The van der Waals surface area contributed by atoms with Gasteiger partial charge in [-0.1, -0.05) is 47.6 Å². The zero-order chi connectivity index (χ0) is 16.5. The third-order valence-electron chi connectivity index (χ3n) is 4.83. The van der Waals surface area contributed by atoms with Crippen LogP contribution in [0.1, 0.15) is 29.2 Å². The largest absolute Gasteiger partial charge is 0.357 e. The third-order valence-corrected chi connectivity index (χ3v) is 4.83. The molecule has 1 unspecified atom stereocenters. The average Bonchev–Trinajstić information content (AvgIpc) is 3.04. The van der Waals surface area contributed by atoms with Crippen LogP contribution in [0.4, 0.5) is 10.3 Å². The molecule has 0 fully saturated rings. The Morgan fingerprint density at radius 3 is 2.71 bits per heavy atom. The van der Waals surface area contributed by atoms with E-state index in [1.165, 1.54) is 0 Å². The number of nitrogens with zero attached hydrogens (tertiary/aromatic N) is 1. The average molecular weight is 322 g/mol. The summed E-state index contributed by atoms with van der Waals surface area (Å²) in [5.74, 6) is 0.752. The second-order valence-electron chi connectivity index (χ2n) is 6.23. The van der Waals surface area contributed by atoms with E-state index >= 15 is 0 Å². The Hall–Kier alpha value is -2.62. The second kappa shape index (κ2) is 6.11. The molecule has 1 aromatic heterocycles. The van der Waals surface area contributed by atoms with Gasteiger partial charge in [-0.2, -0.15) is 0 Å². The Bertz CT molecular complexity index is 857. The molecule has 1 aliphatic carbocycles. The lowest BCUT2D eigenvalue weighted by molar-refractivity contribution is 0.421. The molecule has 1 N–H and O–H groups in total. The lowest BCUT2D eigenvalue weighted by Crippen LogP contribution is -2.14. The van der Waals surface area contributed by atoms with E-state index in [1.807, 2.05) is 49.5 Å². The Kier molecular flexibility index (Phi) is 3.81. The first-order chi connectivity index (χ1) is 11.8. The number of hydrogen-bond donors (Lipinski definition) is 1. The van der Waals surface area contributed by atoms with Gasteiger partial charge < -0.3 is 9.84 Å². The van der Waals surface area contributed by atoms with E-state index in [-0.39, 0.29) is 11.7 Å². The van der Waals surface area contributed by atoms with Crippen LogP contribution in [0.3, 0.4) is 0 Å². The fourth-order valence-electron chi connectivity index (χ4n) is 3.54. The predicted molar refractivity (Wildman–Crippen MR) is 92.7 cm³/mol. The molecule has 24 heavy (non-hydrogen) atoms. The summed E-state index contributed by atoms with van der Waals surface area (Å²) in [5, 5.41) is 7.16. The van der Waals surface area contributed by atoms with Gasteiger partial charge in [0, 0.05) is 19.0 Å². The predicted octanol–water partition coefficient (Wildman–Crippen LogP) is 4.79. The summed E-state index contributed by atoms with van der Waals surface area (Å²) in [4.78, 5) is 0. The number of hydrogen-bond acceptors (Lipinski definition) is 3. The maximum Gasteiger partial charge on any atom is 0.227 e. The van der Waals surface area contributed by atoms with Crippen molar-refractivity contribution in [2.75, 3.05) is 12.4 Å². The molecule has 2 aromatic carbocycles. The van der Waals surface area contributed by atoms with Gasteiger partial charge in [-0.25, -0.2) is 4.39 Å². The lowest BCUT2D eigenvalue weighted by atomic mass is 9.82. The van der Waals surface area contributed by atoms with Gasteiger partial charge in [0.05, 0.1) is 5.69 Å². The van der Waals surface area contributed by atoms with E-state index in [4.69, 9.17) is 4.52 Å². The zero-order valence-corrected chi connectivity index (χ0v) is 13.6. The van der Waals surface area contributed by atoms with Gasteiger partial charge in [-0.3, -0.25) is 0 Å². The molecule has 4 heteroatoms. The van der Waals surface area contributed by atoms with Crippen molar-refractivity contribution >= 4 is 5.88 Å². The van der Waals surface area contributed by atoms with Crippen LogP contribution >= 0.6 is 0 Å². The van der Waals surface area contributed by atoms with E-state index in [2.05, 4.69) is 10.5 Å². The summed E-state index contributed by atoms with van der Waals surface area (Å²) < 4.78 is 20.0. The van der Waals surface area contributed by atoms with Crippen LogP contribution in [0.25, 0.3) is 11.1 Å². The van der Waals surface area contributed by atoms with Crippen molar-refractivity contribution in [2.24, 2.45) is 0 Å². The summed E-state index contributed by atoms with van der Waals surface area (Å²) in [6.07, 6.45) is 2.49. The van der Waals surface area contributed by atoms with Crippen LogP contribution in [-0.4, -0.2) is 12.2 Å². The van der Waals surface area contributed by atoms with Gasteiger partial charge >= 0.3 is 0 Å². The van der Waals surface area contributed by atoms with Crippen LogP contribution in [-0.2, 0) is 12.8 Å². The summed E-state index contributed by atoms with van der Waals surface area (Å²) in [6, 6.07) is 15.5. The van der Waals surface area contributed by atoms with E-state index in [0.29, 0.717) is 0 Å². The van der Waals surface area contributed by atoms with Crippen molar-refractivity contribution in [1.82, 2.24) is 5.16 Å². The molecule has 0 bridgehead atoms. The standard InChI is InChI=1S/C20H19FN2O/c1-22-20-17-10-8-15(12-19(17)23-24-20)16-9-7-14(11-18(16)21)13-5-3-2-4-6-13/h2-7,9,11,15,22H,8,10,12H2,1H3. The molecule has 0 amide bonds. The van der Waals surface area contributed by atoms with Crippen LogP contribution < -0.4 is 5.32 Å². The molecule has 122 valence electrons. The van der Waals surface area contributed by atoms with Crippen LogP contribution in [0, 0.1) is 5.82 Å². The molecule has 1 heterocycles. The fraction of sp³-hybridized carbons (Fsp3) is 0.250. The number of rotatable bonds is 3. The number of aromatic nitrogens is 1. The highest BCUT2D eigenvalue weighted by atomic mass is 19.1. The summed E-state index contributed by atoms with van der Waals surface area (Å²) in [6.45, 7) is 0. The normalized spacial score (nSPS) is 16.7. The molecule has 3 nitrogen and oxygen atoms in total. The molecular weight excluding hydrogens is 303 g/mol. The number of nitrogens with one attached hydrogen (secondary N) is 1. The molecule has 0 radical (unpaired) electrons. The first-order valence-corrected chi connectivity index (χ1v) is 8.26. The quantitative estimate of drug-likeness (QED) is 0.753. The minimum atomic E-state index is -0.137. The molecule has 0 saturated carbocycles. The van der Waals surface area contributed by atoms with Gasteiger partial charge in [-0.05, 0) is 41.5 Å². The third kappa shape index (κ3) is 2.58. The minimum Gasteiger partial charge on any atom is -0.357 e.